The summed E-state index contributed by atoms with van der Waals surface area (Å²) in [6, 6.07) is -0.217. The van der Waals surface area contributed by atoms with Crippen LogP contribution in [-0.4, -0.2) is 37.3 Å². The zero-order chi connectivity index (χ0) is 11.5. The van der Waals surface area contributed by atoms with Crippen molar-refractivity contribution >= 4 is 0 Å². The summed E-state index contributed by atoms with van der Waals surface area (Å²) >= 11 is 0. The van der Waals surface area contributed by atoms with Gasteiger partial charge in [-0.1, -0.05) is 0 Å². The van der Waals surface area contributed by atoms with Crippen LogP contribution in [0.3, 0.4) is 0 Å². The average molecular weight is 217 g/mol. The molecule has 1 saturated heterocycles. The van der Waals surface area contributed by atoms with E-state index in [1.54, 1.807) is 0 Å². The fourth-order valence-electron chi connectivity index (χ4n) is 2.06. The molecule has 1 heterocycles. The van der Waals surface area contributed by atoms with E-state index in [-0.39, 0.29) is 11.6 Å². The minimum absolute atomic E-state index is 0.217. The van der Waals surface area contributed by atoms with Gasteiger partial charge >= 0.3 is 0 Å². The van der Waals surface area contributed by atoms with Crippen molar-refractivity contribution in [2.75, 3.05) is 19.8 Å². The Kier molecular flexibility index (Phi) is 4.12. The molecule has 2 N–H and O–H groups in total. The lowest BCUT2D eigenvalue weighted by molar-refractivity contribution is -0.299. The quantitative estimate of drug-likeness (QED) is 0.721. The van der Waals surface area contributed by atoms with Crippen LogP contribution in [0.2, 0.25) is 0 Å². The molecule has 1 fully saturated rings. The van der Waals surface area contributed by atoms with Crippen LogP contribution in [-0.2, 0) is 14.2 Å². The zero-order valence-corrected chi connectivity index (χ0v) is 10.2. The SMILES string of the molecule is CCOC1(OCC)CC(C)(C)OCC1N. The number of hydrogen-bond donors (Lipinski definition) is 1. The largest absolute Gasteiger partial charge is 0.374 e. The molecule has 90 valence electrons. The van der Waals surface area contributed by atoms with E-state index in [1.807, 2.05) is 27.7 Å². The maximum absolute atomic E-state index is 6.03. The molecule has 4 heteroatoms. The van der Waals surface area contributed by atoms with Crippen LogP contribution in [0.15, 0.2) is 0 Å². The van der Waals surface area contributed by atoms with Crippen LogP contribution >= 0.6 is 0 Å². The lowest BCUT2D eigenvalue weighted by Gasteiger charge is -2.47. The van der Waals surface area contributed by atoms with Gasteiger partial charge in [0, 0.05) is 19.6 Å². The Morgan fingerprint density at radius 2 is 1.80 bits per heavy atom. The van der Waals surface area contributed by atoms with Crippen molar-refractivity contribution in [3.63, 3.8) is 0 Å². The fraction of sp³-hybridized carbons (Fsp3) is 1.00. The lowest BCUT2D eigenvalue weighted by atomic mass is 9.89. The fourth-order valence-corrected chi connectivity index (χ4v) is 2.06. The summed E-state index contributed by atoms with van der Waals surface area (Å²) in [6.07, 6.45) is 0.669. The molecule has 15 heavy (non-hydrogen) atoms. The van der Waals surface area contributed by atoms with Gasteiger partial charge < -0.3 is 19.9 Å². The minimum atomic E-state index is -0.675. The molecule has 1 aliphatic heterocycles. The Bertz CT molecular complexity index is 200. The van der Waals surface area contributed by atoms with Gasteiger partial charge in [-0.05, 0) is 27.7 Å². The first-order valence-electron chi connectivity index (χ1n) is 5.63. The highest BCUT2D eigenvalue weighted by atomic mass is 16.7. The van der Waals surface area contributed by atoms with Crippen molar-refractivity contribution in [2.24, 2.45) is 5.73 Å². The van der Waals surface area contributed by atoms with Gasteiger partial charge in [0.05, 0.1) is 18.2 Å². The van der Waals surface area contributed by atoms with Crippen molar-refractivity contribution in [1.29, 1.82) is 0 Å². The second-order valence-corrected chi connectivity index (χ2v) is 4.53. The second-order valence-electron chi connectivity index (χ2n) is 4.53. The summed E-state index contributed by atoms with van der Waals surface area (Å²) in [4.78, 5) is 0. The van der Waals surface area contributed by atoms with Gasteiger partial charge in [-0.15, -0.1) is 0 Å². The molecule has 4 nitrogen and oxygen atoms in total. The molecule has 0 bridgehead atoms. The monoisotopic (exact) mass is 217 g/mol. The van der Waals surface area contributed by atoms with E-state index in [0.717, 1.165) is 0 Å². The predicted molar refractivity (Wildman–Crippen MR) is 58.6 cm³/mol. The Hall–Kier alpha value is -0.160. The highest BCUT2D eigenvalue weighted by Crippen LogP contribution is 2.35. The van der Waals surface area contributed by atoms with Gasteiger partial charge in [0.15, 0.2) is 5.79 Å². The van der Waals surface area contributed by atoms with Gasteiger partial charge in [-0.2, -0.15) is 0 Å². The molecule has 1 unspecified atom stereocenters. The van der Waals surface area contributed by atoms with E-state index >= 15 is 0 Å². The maximum atomic E-state index is 6.03. The molecular formula is C11H23NO3. The third-order valence-electron chi connectivity index (χ3n) is 2.67. The molecular weight excluding hydrogens is 194 g/mol. The molecule has 0 aromatic carbocycles. The zero-order valence-electron chi connectivity index (χ0n) is 10.2. The lowest BCUT2D eigenvalue weighted by Crippen LogP contribution is -2.62. The van der Waals surface area contributed by atoms with Gasteiger partial charge in [-0.3, -0.25) is 0 Å². The van der Waals surface area contributed by atoms with Gasteiger partial charge in [0.25, 0.3) is 0 Å². The molecule has 0 radical (unpaired) electrons. The van der Waals surface area contributed by atoms with Crippen molar-refractivity contribution in [2.45, 2.75) is 51.5 Å². The van der Waals surface area contributed by atoms with E-state index in [9.17, 15) is 0 Å². The van der Waals surface area contributed by atoms with Gasteiger partial charge in [0.2, 0.25) is 0 Å². The molecule has 0 saturated carbocycles. The summed E-state index contributed by atoms with van der Waals surface area (Å²) in [5.74, 6) is -0.675. The summed E-state index contributed by atoms with van der Waals surface area (Å²) < 4.78 is 17.1. The van der Waals surface area contributed by atoms with E-state index in [0.29, 0.717) is 26.2 Å². The van der Waals surface area contributed by atoms with Crippen molar-refractivity contribution in [1.82, 2.24) is 0 Å². The highest BCUT2D eigenvalue weighted by molar-refractivity contribution is 4.94. The first-order chi connectivity index (χ1) is 6.96. The summed E-state index contributed by atoms with van der Waals surface area (Å²) in [5, 5.41) is 0. The summed E-state index contributed by atoms with van der Waals surface area (Å²) in [7, 11) is 0. The first kappa shape index (κ1) is 12.9. The maximum Gasteiger partial charge on any atom is 0.188 e. The van der Waals surface area contributed by atoms with Crippen LogP contribution in [0.25, 0.3) is 0 Å². The topological polar surface area (TPSA) is 53.7 Å². The molecule has 0 amide bonds. The third kappa shape index (κ3) is 2.91. The first-order valence-corrected chi connectivity index (χ1v) is 5.63. The molecule has 0 aromatic rings. The highest BCUT2D eigenvalue weighted by Gasteiger charge is 2.48. The molecule has 0 aromatic heterocycles. The Morgan fingerprint density at radius 1 is 1.27 bits per heavy atom. The Morgan fingerprint density at radius 3 is 2.27 bits per heavy atom. The van der Waals surface area contributed by atoms with E-state index in [2.05, 4.69) is 0 Å². The molecule has 1 atom stereocenters. The van der Waals surface area contributed by atoms with Crippen LogP contribution in [0, 0.1) is 0 Å². The molecule has 0 aliphatic carbocycles. The summed E-state index contributed by atoms with van der Waals surface area (Å²) in [6.45, 7) is 9.66. The molecule has 1 aliphatic rings. The normalized spacial score (nSPS) is 29.0. The molecule has 1 rings (SSSR count). The van der Waals surface area contributed by atoms with E-state index < -0.39 is 5.79 Å². The third-order valence-corrected chi connectivity index (χ3v) is 2.67. The van der Waals surface area contributed by atoms with Crippen LogP contribution < -0.4 is 5.73 Å². The number of rotatable bonds is 4. The number of ether oxygens (including phenoxy) is 3. The smallest absolute Gasteiger partial charge is 0.188 e. The van der Waals surface area contributed by atoms with Gasteiger partial charge in [0.1, 0.15) is 0 Å². The second kappa shape index (κ2) is 4.78. The predicted octanol–water partition coefficient (Wildman–Crippen LogP) is 1.28. The van der Waals surface area contributed by atoms with Crippen LogP contribution in [0.4, 0.5) is 0 Å². The van der Waals surface area contributed by atoms with Crippen LogP contribution in [0.5, 0.6) is 0 Å². The summed E-state index contributed by atoms with van der Waals surface area (Å²) in [5.41, 5.74) is 5.80. The van der Waals surface area contributed by atoms with E-state index in [1.165, 1.54) is 0 Å². The van der Waals surface area contributed by atoms with Crippen molar-refractivity contribution < 1.29 is 14.2 Å². The molecule has 0 spiro atoms. The minimum Gasteiger partial charge on any atom is -0.374 e. The standard InChI is InChI=1S/C11H23NO3/c1-5-13-11(14-6-2)8-10(3,4)15-7-9(11)12/h9H,5-8,12H2,1-4H3. The Labute approximate surface area is 92.1 Å². The van der Waals surface area contributed by atoms with Crippen molar-refractivity contribution in [3.8, 4) is 0 Å². The average Bonchev–Trinajstić information content (AvgIpc) is 2.12. The van der Waals surface area contributed by atoms with Crippen LogP contribution in [0.1, 0.15) is 34.1 Å². The number of nitrogens with two attached hydrogens (primary N) is 1. The van der Waals surface area contributed by atoms with Gasteiger partial charge in [-0.25, -0.2) is 0 Å². The van der Waals surface area contributed by atoms with E-state index in [4.69, 9.17) is 19.9 Å². The number of hydrogen-bond acceptors (Lipinski definition) is 4. The Balaban J connectivity index is 2.81. The van der Waals surface area contributed by atoms with Crippen molar-refractivity contribution in [3.05, 3.63) is 0 Å².